The van der Waals surface area contributed by atoms with Gasteiger partial charge >= 0.3 is 0 Å². The van der Waals surface area contributed by atoms with Crippen molar-refractivity contribution in [1.82, 2.24) is 15.5 Å². The first-order valence-electron chi connectivity index (χ1n) is 7.28. The number of aromatic nitrogens is 2. The van der Waals surface area contributed by atoms with E-state index in [1.54, 1.807) is 31.4 Å². The van der Waals surface area contributed by atoms with Gasteiger partial charge in [0.1, 0.15) is 11.6 Å². The summed E-state index contributed by atoms with van der Waals surface area (Å²) < 4.78 is 17.7. The summed E-state index contributed by atoms with van der Waals surface area (Å²) in [6, 6.07) is 9.47. The summed E-state index contributed by atoms with van der Waals surface area (Å²) >= 11 is 0. The molecular weight excluding hydrogens is 299 g/mol. The van der Waals surface area contributed by atoms with Gasteiger partial charge in [-0.1, -0.05) is 12.1 Å². The van der Waals surface area contributed by atoms with Crippen LogP contribution in [0, 0.1) is 5.82 Å². The Morgan fingerprint density at radius 1 is 1.17 bits per heavy atom. The highest BCUT2D eigenvalue weighted by Crippen LogP contribution is 2.07. The summed E-state index contributed by atoms with van der Waals surface area (Å²) in [5.74, 6) is 0.0124. The fourth-order valence-electron chi connectivity index (χ4n) is 1.85. The maximum Gasteiger partial charge on any atom is 0.271 e. The standard InChI is InChI=1S/C16H19FN4O2/c1-23-10-2-9-18-16(22)14-7-8-15(21-20-14)19-11-12-3-5-13(17)6-4-12/h3-8H,2,9-11H2,1H3,(H,18,22)(H,19,21). The first-order chi connectivity index (χ1) is 11.2. The number of hydrogen-bond acceptors (Lipinski definition) is 5. The van der Waals surface area contributed by atoms with Crippen LogP contribution in [-0.2, 0) is 11.3 Å². The van der Waals surface area contributed by atoms with Gasteiger partial charge in [-0.05, 0) is 36.2 Å². The highest BCUT2D eigenvalue weighted by atomic mass is 19.1. The van der Waals surface area contributed by atoms with E-state index in [2.05, 4.69) is 20.8 Å². The molecule has 0 fully saturated rings. The van der Waals surface area contributed by atoms with Crippen LogP contribution >= 0.6 is 0 Å². The molecule has 0 aliphatic rings. The minimum atomic E-state index is -0.269. The maximum atomic E-state index is 12.8. The van der Waals surface area contributed by atoms with Crippen LogP contribution < -0.4 is 10.6 Å². The maximum absolute atomic E-state index is 12.8. The van der Waals surface area contributed by atoms with Crippen molar-refractivity contribution in [2.24, 2.45) is 0 Å². The van der Waals surface area contributed by atoms with Crippen molar-refractivity contribution in [2.45, 2.75) is 13.0 Å². The molecule has 0 saturated heterocycles. The van der Waals surface area contributed by atoms with E-state index in [1.165, 1.54) is 12.1 Å². The van der Waals surface area contributed by atoms with E-state index in [0.29, 0.717) is 25.5 Å². The Morgan fingerprint density at radius 2 is 1.96 bits per heavy atom. The molecule has 0 saturated carbocycles. The van der Waals surface area contributed by atoms with Crippen LogP contribution in [0.4, 0.5) is 10.2 Å². The topological polar surface area (TPSA) is 76.1 Å². The van der Waals surface area contributed by atoms with Crippen molar-refractivity contribution < 1.29 is 13.9 Å². The molecule has 1 heterocycles. The summed E-state index contributed by atoms with van der Waals surface area (Å²) in [6.07, 6.45) is 0.743. The quantitative estimate of drug-likeness (QED) is 0.728. The molecule has 0 spiro atoms. The Kier molecular flexibility index (Phi) is 6.43. The Hall–Kier alpha value is -2.54. The smallest absolute Gasteiger partial charge is 0.271 e. The zero-order valence-electron chi connectivity index (χ0n) is 12.9. The van der Waals surface area contributed by atoms with E-state index in [4.69, 9.17) is 4.74 Å². The number of rotatable bonds is 8. The van der Waals surface area contributed by atoms with Crippen molar-refractivity contribution in [3.8, 4) is 0 Å². The summed E-state index contributed by atoms with van der Waals surface area (Å²) in [4.78, 5) is 11.8. The summed E-state index contributed by atoms with van der Waals surface area (Å²) in [6.45, 7) is 1.62. The second kappa shape index (κ2) is 8.79. The number of methoxy groups -OCH3 is 1. The van der Waals surface area contributed by atoms with Gasteiger partial charge in [0.05, 0.1) is 0 Å². The van der Waals surface area contributed by atoms with E-state index >= 15 is 0 Å². The Bertz CT molecular complexity index is 617. The summed E-state index contributed by atoms with van der Waals surface area (Å²) in [5, 5.41) is 13.6. The van der Waals surface area contributed by atoms with Gasteiger partial charge in [0.25, 0.3) is 5.91 Å². The van der Waals surface area contributed by atoms with Crippen molar-refractivity contribution in [3.05, 3.63) is 53.5 Å². The van der Waals surface area contributed by atoms with Crippen molar-refractivity contribution >= 4 is 11.7 Å². The number of hydrogen-bond donors (Lipinski definition) is 2. The van der Waals surface area contributed by atoms with Crippen molar-refractivity contribution in [2.75, 3.05) is 25.6 Å². The third-order valence-electron chi connectivity index (χ3n) is 3.09. The number of carbonyl (C=O) groups is 1. The molecule has 2 N–H and O–H groups in total. The zero-order chi connectivity index (χ0) is 16.5. The Morgan fingerprint density at radius 3 is 2.61 bits per heavy atom. The van der Waals surface area contributed by atoms with Gasteiger partial charge in [-0.2, -0.15) is 0 Å². The lowest BCUT2D eigenvalue weighted by molar-refractivity contribution is 0.0942. The number of ether oxygens (including phenoxy) is 1. The molecule has 2 rings (SSSR count). The second-order valence-corrected chi connectivity index (χ2v) is 4.89. The van der Waals surface area contributed by atoms with Crippen LogP contribution in [0.1, 0.15) is 22.5 Å². The normalized spacial score (nSPS) is 10.3. The van der Waals surface area contributed by atoms with Gasteiger partial charge in [0.15, 0.2) is 5.69 Å². The Labute approximate surface area is 134 Å². The lowest BCUT2D eigenvalue weighted by Crippen LogP contribution is -2.26. The van der Waals surface area contributed by atoms with E-state index in [-0.39, 0.29) is 17.4 Å². The molecule has 0 atom stereocenters. The number of benzene rings is 1. The molecule has 0 unspecified atom stereocenters. The number of nitrogens with one attached hydrogen (secondary N) is 2. The number of carbonyl (C=O) groups excluding carboxylic acids is 1. The minimum Gasteiger partial charge on any atom is -0.385 e. The van der Waals surface area contributed by atoms with Crippen molar-refractivity contribution in [1.29, 1.82) is 0 Å². The van der Waals surface area contributed by atoms with Crippen LogP contribution in [0.3, 0.4) is 0 Å². The second-order valence-electron chi connectivity index (χ2n) is 4.89. The molecular formula is C16H19FN4O2. The average molecular weight is 318 g/mol. The zero-order valence-corrected chi connectivity index (χ0v) is 12.9. The first kappa shape index (κ1) is 16.8. The van der Waals surface area contributed by atoms with Gasteiger partial charge < -0.3 is 15.4 Å². The molecule has 23 heavy (non-hydrogen) atoms. The number of halogens is 1. The lowest BCUT2D eigenvalue weighted by atomic mass is 10.2. The third-order valence-corrected chi connectivity index (χ3v) is 3.09. The summed E-state index contributed by atoms with van der Waals surface area (Å²) in [5.41, 5.74) is 1.18. The number of amides is 1. The van der Waals surface area contributed by atoms with E-state index in [1.807, 2.05) is 0 Å². The molecule has 0 aliphatic heterocycles. The van der Waals surface area contributed by atoms with Crippen LogP contribution in [0.2, 0.25) is 0 Å². The molecule has 7 heteroatoms. The van der Waals surface area contributed by atoms with E-state index < -0.39 is 0 Å². The lowest BCUT2D eigenvalue weighted by Gasteiger charge is -2.06. The Balaban J connectivity index is 1.81. The van der Waals surface area contributed by atoms with Crippen LogP contribution in [0.5, 0.6) is 0 Å². The van der Waals surface area contributed by atoms with Gasteiger partial charge in [-0.3, -0.25) is 4.79 Å². The SMILES string of the molecule is COCCCNC(=O)c1ccc(NCc2ccc(F)cc2)nn1. The molecule has 0 bridgehead atoms. The minimum absolute atomic E-state index is 0.259. The van der Waals surface area contributed by atoms with Crippen LogP contribution in [-0.4, -0.2) is 36.4 Å². The van der Waals surface area contributed by atoms with E-state index in [0.717, 1.165) is 12.0 Å². The predicted molar refractivity (Wildman–Crippen MR) is 84.6 cm³/mol. The molecule has 0 radical (unpaired) electrons. The molecule has 0 aliphatic carbocycles. The molecule has 122 valence electrons. The summed E-state index contributed by atoms with van der Waals surface area (Å²) in [7, 11) is 1.62. The number of anilines is 1. The fourth-order valence-corrected chi connectivity index (χ4v) is 1.85. The first-order valence-corrected chi connectivity index (χ1v) is 7.28. The monoisotopic (exact) mass is 318 g/mol. The molecule has 1 aromatic carbocycles. The number of nitrogens with zero attached hydrogens (tertiary/aromatic N) is 2. The van der Waals surface area contributed by atoms with Crippen LogP contribution in [0.15, 0.2) is 36.4 Å². The van der Waals surface area contributed by atoms with Crippen LogP contribution in [0.25, 0.3) is 0 Å². The largest absolute Gasteiger partial charge is 0.385 e. The van der Waals surface area contributed by atoms with Gasteiger partial charge in [-0.25, -0.2) is 4.39 Å². The van der Waals surface area contributed by atoms with Crippen molar-refractivity contribution in [3.63, 3.8) is 0 Å². The third kappa shape index (κ3) is 5.63. The van der Waals surface area contributed by atoms with Gasteiger partial charge in [-0.15, -0.1) is 10.2 Å². The van der Waals surface area contributed by atoms with E-state index in [9.17, 15) is 9.18 Å². The van der Waals surface area contributed by atoms with Gasteiger partial charge in [0, 0.05) is 26.8 Å². The van der Waals surface area contributed by atoms with Gasteiger partial charge in [0.2, 0.25) is 0 Å². The molecule has 6 nitrogen and oxygen atoms in total. The fraction of sp³-hybridized carbons (Fsp3) is 0.312. The predicted octanol–water partition coefficient (Wildman–Crippen LogP) is 1.99. The molecule has 2 aromatic rings. The highest BCUT2D eigenvalue weighted by Gasteiger charge is 2.07. The highest BCUT2D eigenvalue weighted by molar-refractivity contribution is 5.92. The molecule has 1 aromatic heterocycles. The average Bonchev–Trinajstić information content (AvgIpc) is 2.58. The molecule has 1 amide bonds.